The van der Waals surface area contributed by atoms with Crippen molar-refractivity contribution < 1.29 is 14.8 Å². The number of hydrogen-bond donors (Lipinski definition) is 2. The van der Waals surface area contributed by atoms with Crippen molar-refractivity contribution in [2.45, 2.75) is 6.92 Å². The van der Waals surface area contributed by atoms with Crippen molar-refractivity contribution >= 4 is 28.6 Å². The number of aromatic hydroxyl groups is 1. The molecule has 0 saturated carbocycles. The van der Waals surface area contributed by atoms with Crippen LogP contribution in [0.2, 0.25) is 0 Å². The molecular weight excluding hydrogens is 270 g/mol. The van der Waals surface area contributed by atoms with E-state index in [1.807, 2.05) is 0 Å². The molecule has 0 bridgehead atoms. The number of rotatable bonds is 3. The Labute approximate surface area is 111 Å². The number of phenolic OH excluding ortho intramolecular Hbond substituents is 1. The van der Waals surface area contributed by atoms with E-state index in [2.05, 4.69) is 10.3 Å². The zero-order chi connectivity index (χ0) is 14.0. The Balaban J connectivity index is 2.25. The summed E-state index contributed by atoms with van der Waals surface area (Å²) in [6, 6.07) is 3.41. The number of carbonyl (C=O) groups is 1. The predicted octanol–water partition coefficient (Wildman–Crippen LogP) is 2.32. The molecule has 0 aliphatic rings. The second-order valence-corrected chi connectivity index (χ2v) is 4.89. The number of benzene rings is 1. The van der Waals surface area contributed by atoms with Crippen LogP contribution in [-0.4, -0.2) is 20.9 Å². The van der Waals surface area contributed by atoms with E-state index in [0.29, 0.717) is 4.88 Å². The van der Waals surface area contributed by atoms with Crippen LogP contribution in [-0.2, 0) is 0 Å². The molecule has 98 valence electrons. The van der Waals surface area contributed by atoms with Crippen LogP contribution >= 0.6 is 11.3 Å². The fourth-order valence-corrected chi connectivity index (χ4v) is 2.06. The van der Waals surface area contributed by atoms with Crippen molar-refractivity contribution in [2.24, 2.45) is 0 Å². The fourth-order valence-electron chi connectivity index (χ4n) is 1.39. The number of nitrogens with zero attached hydrogens (tertiary/aromatic N) is 2. The quantitative estimate of drug-likeness (QED) is 0.509. The lowest BCUT2D eigenvalue weighted by atomic mass is 10.2. The Morgan fingerprint density at radius 3 is 2.84 bits per heavy atom. The highest BCUT2D eigenvalue weighted by atomic mass is 32.1. The second-order valence-electron chi connectivity index (χ2n) is 3.66. The third kappa shape index (κ3) is 2.86. The molecule has 0 radical (unpaired) electrons. The number of anilines is 1. The molecule has 8 heteroatoms. The minimum atomic E-state index is -0.605. The van der Waals surface area contributed by atoms with Gasteiger partial charge in [0.1, 0.15) is 10.6 Å². The smallest absolute Gasteiger partial charge is 0.271 e. The number of phenols is 1. The van der Waals surface area contributed by atoms with Gasteiger partial charge in [-0.1, -0.05) is 0 Å². The van der Waals surface area contributed by atoms with E-state index in [1.54, 1.807) is 6.92 Å². The lowest BCUT2D eigenvalue weighted by molar-refractivity contribution is -0.384. The Hall–Kier alpha value is -2.48. The first-order chi connectivity index (χ1) is 8.97. The number of aryl methyl sites for hydroxylation is 1. The number of amides is 1. The highest BCUT2D eigenvalue weighted by molar-refractivity contribution is 7.13. The first kappa shape index (κ1) is 13.0. The van der Waals surface area contributed by atoms with Gasteiger partial charge in [0.15, 0.2) is 0 Å². The molecule has 0 aliphatic carbocycles. The molecule has 0 unspecified atom stereocenters. The van der Waals surface area contributed by atoms with E-state index in [1.165, 1.54) is 17.5 Å². The van der Waals surface area contributed by atoms with Crippen LogP contribution in [0.3, 0.4) is 0 Å². The van der Waals surface area contributed by atoms with Crippen molar-refractivity contribution in [2.75, 3.05) is 5.32 Å². The number of hydrogen-bond acceptors (Lipinski definition) is 6. The summed E-state index contributed by atoms with van der Waals surface area (Å²) in [5.41, 5.74) is -0.223. The molecule has 1 heterocycles. The van der Waals surface area contributed by atoms with Gasteiger partial charge in [-0.2, -0.15) is 0 Å². The fraction of sp³-hybridized carbons (Fsp3) is 0.0909. The van der Waals surface area contributed by atoms with Crippen molar-refractivity contribution in [3.63, 3.8) is 0 Å². The minimum Gasteiger partial charge on any atom is -0.506 e. The topological polar surface area (TPSA) is 105 Å². The van der Waals surface area contributed by atoms with Gasteiger partial charge in [-0.15, -0.1) is 11.3 Å². The van der Waals surface area contributed by atoms with Gasteiger partial charge < -0.3 is 10.4 Å². The van der Waals surface area contributed by atoms with E-state index in [9.17, 15) is 20.0 Å². The van der Waals surface area contributed by atoms with Crippen molar-refractivity contribution in [3.05, 3.63) is 44.4 Å². The molecule has 0 atom stereocenters. The SMILES string of the molecule is Cc1ncc(C(=O)Nc2cc([N+](=O)[O-])ccc2O)s1. The highest BCUT2D eigenvalue weighted by Gasteiger charge is 2.15. The van der Waals surface area contributed by atoms with Crippen LogP contribution in [0.5, 0.6) is 5.75 Å². The maximum absolute atomic E-state index is 11.8. The Kier molecular flexibility index (Phi) is 3.43. The molecule has 0 spiro atoms. The van der Waals surface area contributed by atoms with Crippen LogP contribution in [0.4, 0.5) is 11.4 Å². The molecule has 0 aliphatic heterocycles. The summed E-state index contributed by atoms with van der Waals surface area (Å²) in [4.78, 5) is 26.2. The van der Waals surface area contributed by atoms with Gasteiger partial charge in [0.25, 0.3) is 11.6 Å². The van der Waals surface area contributed by atoms with Gasteiger partial charge in [0.05, 0.1) is 21.8 Å². The van der Waals surface area contributed by atoms with Gasteiger partial charge in [-0.25, -0.2) is 4.98 Å². The van der Waals surface area contributed by atoms with Crippen molar-refractivity contribution in [3.8, 4) is 5.75 Å². The second kappa shape index (κ2) is 5.02. The van der Waals surface area contributed by atoms with E-state index in [4.69, 9.17) is 0 Å². The van der Waals surface area contributed by atoms with E-state index in [0.717, 1.165) is 23.2 Å². The number of non-ortho nitro benzene ring substituents is 1. The molecule has 2 rings (SSSR count). The third-order valence-corrected chi connectivity index (χ3v) is 3.20. The van der Waals surface area contributed by atoms with Crippen molar-refractivity contribution in [1.29, 1.82) is 0 Å². The van der Waals surface area contributed by atoms with E-state index < -0.39 is 10.8 Å². The number of nitrogens with one attached hydrogen (secondary N) is 1. The molecule has 2 aromatic rings. The van der Waals surface area contributed by atoms with Crippen molar-refractivity contribution in [1.82, 2.24) is 4.98 Å². The van der Waals surface area contributed by atoms with Gasteiger partial charge in [0, 0.05) is 12.1 Å². The Morgan fingerprint density at radius 2 is 2.26 bits per heavy atom. The summed E-state index contributed by atoms with van der Waals surface area (Å²) in [5.74, 6) is -0.707. The lowest BCUT2D eigenvalue weighted by Crippen LogP contribution is -2.10. The molecular formula is C11H9N3O4S. The zero-order valence-electron chi connectivity index (χ0n) is 9.78. The monoisotopic (exact) mass is 279 g/mol. The van der Waals surface area contributed by atoms with Gasteiger partial charge >= 0.3 is 0 Å². The summed E-state index contributed by atoms with van der Waals surface area (Å²) in [6.45, 7) is 1.76. The average molecular weight is 279 g/mol. The number of carbonyl (C=O) groups excluding carboxylic acids is 1. The predicted molar refractivity (Wildman–Crippen MR) is 69.6 cm³/mol. The number of nitro benzene ring substituents is 1. The first-order valence-corrected chi connectivity index (χ1v) is 6.00. The maximum Gasteiger partial charge on any atom is 0.271 e. The molecule has 0 fully saturated rings. The molecule has 1 amide bonds. The van der Waals surface area contributed by atoms with Crippen LogP contribution in [0.15, 0.2) is 24.4 Å². The normalized spacial score (nSPS) is 10.2. The standard InChI is InChI=1S/C11H9N3O4S/c1-6-12-5-10(19-6)11(16)13-8-4-7(14(17)18)2-3-9(8)15/h2-5,15H,1H3,(H,13,16). The number of nitro groups is 1. The largest absolute Gasteiger partial charge is 0.506 e. The minimum absolute atomic E-state index is 0.00902. The Morgan fingerprint density at radius 1 is 1.53 bits per heavy atom. The summed E-state index contributed by atoms with van der Waals surface area (Å²) in [5, 5.41) is 23.3. The molecule has 19 heavy (non-hydrogen) atoms. The molecule has 1 aromatic heterocycles. The number of thiazole rings is 1. The Bertz CT molecular complexity index is 653. The third-order valence-electron chi connectivity index (χ3n) is 2.28. The van der Waals surface area contributed by atoms with Crippen LogP contribution in [0.25, 0.3) is 0 Å². The molecule has 0 saturated heterocycles. The lowest BCUT2D eigenvalue weighted by Gasteiger charge is -2.05. The van der Waals surface area contributed by atoms with Crippen LogP contribution in [0.1, 0.15) is 14.7 Å². The van der Waals surface area contributed by atoms with Crippen LogP contribution < -0.4 is 5.32 Å². The summed E-state index contributed by atoms with van der Waals surface area (Å²) in [7, 11) is 0. The average Bonchev–Trinajstić information content (AvgIpc) is 2.78. The highest BCUT2D eigenvalue weighted by Crippen LogP contribution is 2.28. The summed E-state index contributed by atoms with van der Waals surface area (Å²) < 4.78 is 0. The molecule has 1 aromatic carbocycles. The summed E-state index contributed by atoms with van der Waals surface area (Å²) >= 11 is 1.19. The maximum atomic E-state index is 11.8. The van der Waals surface area contributed by atoms with E-state index >= 15 is 0 Å². The molecule has 2 N–H and O–H groups in total. The van der Waals surface area contributed by atoms with E-state index in [-0.39, 0.29) is 17.1 Å². The summed E-state index contributed by atoms with van der Waals surface area (Å²) in [6.07, 6.45) is 1.41. The zero-order valence-corrected chi connectivity index (χ0v) is 10.6. The van der Waals surface area contributed by atoms with Gasteiger partial charge in [0.2, 0.25) is 0 Å². The van der Waals surface area contributed by atoms with Crippen LogP contribution in [0, 0.1) is 17.0 Å². The van der Waals surface area contributed by atoms with Gasteiger partial charge in [-0.3, -0.25) is 14.9 Å². The molecule has 7 nitrogen and oxygen atoms in total. The van der Waals surface area contributed by atoms with Gasteiger partial charge in [-0.05, 0) is 13.0 Å². The number of aromatic nitrogens is 1. The first-order valence-electron chi connectivity index (χ1n) is 5.18.